The van der Waals surface area contributed by atoms with E-state index >= 15 is 0 Å². The highest BCUT2D eigenvalue weighted by atomic mass is 35.5. The number of hydrogen-bond donors (Lipinski definition) is 2. The Morgan fingerprint density at radius 2 is 1.58 bits per heavy atom. The molecule has 0 aliphatic carbocycles. The number of rotatable bonds is 3. The summed E-state index contributed by atoms with van der Waals surface area (Å²) in [7, 11) is 0. The minimum absolute atomic E-state index is 0.0359. The number of non-ortho nitro benzene ring substituents is 1. The molecule has 11 heteroatoms. The molecule has 0 saturated carbocycles. The summed E-state index contributed by atoms with van der Waals surface area (Å²) >= 11 is 5.79. The molecule has 2 rings (SSSR count). The van der Waals surface area contributed by atoms with Crippen LogP contribution in [0.15, 0.2) is 42.5 Å². The maximum absolute atomic E-state index is 12.5. The molecule has 2 aromatic carbocycles. The van der Waals surface area contributed by atoms with Gasteiger partial charge in [-0.25, -0.2) is 0 Å². The van der Waals surface area contributed by atoms with Crippen LogP contribution in [0.1, 0.15) is 5.56 Å². The highest BCUT2D eigenvalue weighted by Crippen LogP contribution is 2.30. The number of alkyl halides is 3. The van der Waals surface area contributed by atoms with E-state index in [1.165, 1.54) is 6.07 Å². The summed E-state index contributed by atoms with van der Waals surface area (Å²) in [6.07, 6.45) is -4.53. The molecule has 0 fully saturated rings. The van der Waals surface area contributed by atoms with Gasteiger partial charge in [0, 0.05) is 17.8 Å². The van der Waals surface area contributed by atoms with E-state index in [-0.39, 0.29) is 22.1 Å². The molecule has 26 heavy (non-hydrogen) atoms. The predicted octanol–water partition coefficient (Wildman–Crippen LogP) is 3.84. The Bertz CT molecular complexity index is 869. The highest BCUT2D eigenvalue weighted by Gasteiger charge is 2.30. The third-order valence-corrected chi connectivity index (χ3v) is 3.41. The summed E-state index contributed by atoms with van der Waals surface area (Å²) < 4.78 is 37.4. The zero-order chi connectivity index (χ0) is 19.5. The molecule has 2 N–H and O–H groups in total. The minimum Gasteiger partial charge on any atom is -0.318 e. The molecular weight excluding hydrogens is 379 g/mol. The second kappa shape index (κ2) is 7.40. The normalized spacial score (nSPS) is 10.9. The van der Waals surface area contributed by atoms with E-state index in [4.69, 9.17) is 11.6 Å². The van der Waals surface area contributed by atoms with Gasteiger partial charge >= 0.3 is 18.0 Å². The van der Waals surface area contributed by atoms with Crippen LogP contribution in [-0.4, -0.2) is 16.7 Å². The fourth-order valence-electron chi connectivity index (χ4n) is 1.83. The Hall–Kier alpha value is -3.14. The van der Waals surface area contributed by atoms with Gasteiger partial charge in [-0.05, 0) is 30.3 Å². The summed E-state index contributed by atoms with van der Waals surface area (Å²) in [4.78, 5) is 33.7. The van der Waals surface area contributed by atoms with Crippen molar-refractivity contribution in [3.8, 4) is 0 Å². The summed E-state index contributed by atoms with van der Waals surface area (Å²) in [5.41, 5.74) is -1.46. The number of amides is 2. The van der Waals surface area contributed by atoms with Gasteiger partial charge in [0.1, 0.15) is 0 Å². The van der Waals surface area contributed by atoms with Gasteiger partial charge < -0.3 is 10.6 Å². The van der Waals surface area contributed by atoms with Crippen LogP contribution < -0.4 is 10.6 Å². The van der Waals surface area contributed by atoms with Gasteiger partial charge in [0.05, 0.1) is 21.2 Å². The van der Waals surface area contributed by atoms with Crippen LogP contribution >= 0.6 is 11.6 Å². The lowest BCUT2D eigenvalue weighted by atomic mass is 10.2. The van der Waals surface area contributed by atoms with Crippen LogP contribution in [0.25, 0.3) is 0 Å². The molecule has 0 heterocycles. The van der Waals surface area contributed by atoms with Crippen molar-refractivity contribution in [2.24, 2.45) is 0 Å². The van der Waals surface area contributed by atoms with E-state index in [2.05, 4.69) is 10.6 Å². The largest absolute Gasteiger partial charge is 0.416 e. The van der Waals surface area contributed by atoms with E-state index in [0.717, 1.165) is 36.4 Å². The smallest absolute Gasteiger partial charge is 0.318 e. The SMILES string of the molecule is O=C(Nc1ccc(C(F)(F)F)cc1)C(=O)Nc1cc([N+](=O)[O-])ccc1Cl. The number of nitrogens with one attached hydrogen (secondary N) is 2. The molecule has 2 amide bonds. The zero-order valence-electron chi connectivity index (χ0n) is 12.6. The number of halogens is 4. The molecule has 7 nitrogen and oxygen atoms in total. The fraction of sp³-hybridized carbons (Fsp3) is 0.0667. The van der Waals surface area contributed by atoms with Crippen molar-refractivity contribution in [3.05, 3.63) is 63.2 Å². The summed E-state index contributed by atoms with van der Waals surface area (Å²) in [5.74, 6) is -2.39. The average molecular weight is 388 g/mol. The Kier molecular flexibility index (Phi) is 5.46. The molecule has 0 aliphatic heterocycles. The molecule has 0 bridgehead atoms. The van der Waals surface area contributed by atoms with E-state index in [9.17, 15) is 32.9 Å². The van der Waals surface area contributed by atoms with Crippen molar-refractivity contribution in [1.29, 1.82) is 0 Å². The van der Waals surface area contributed by atoms with Gasteiger partial charge in [-0.2, -0.15) is 13.2 Å². The van der Waals surface area contributed by atoms with Crippen LogP contribution in [0.3, 0.4) is 0 Å². The van der Waals surface area contributed by atoms with Crippen molar-refractivity contribution in [3.63, 3.8) is 0 Å². The van der Waals surface area contributed by atoms with Crippen molar-refractivity contribution in [2.45, 2.75) is 6.18 Å². The quantitative estimate of drug-likeness (QED) is 0.474. The number of carbonyl (C=O) groups excluding carboxylic acids is 2. The Morgan fingerprint density at radius 3 is 2.12 bits per heavy atom. The van der Waals surface area contributed by atoms with Gasteiger partial charge in [0.25, 0.3) is 5.69 Å². The number of benzene rings is 2. The van der Waals surface area contributed by atoms with Gasteiger partial charge in [-0.15, -0.1) is 0 Å². The van der Waals surface area contributed by atoms with Crippen molar-refractivity contribution in [2.75, 3.05) is 10.6 Å². The maximum atomic E-state index is 12.5. The summed E-state index contributed by atoms with van der Waals surface area (Å²) in [6, 6.07) is 6.69. The Labute approximate surface area is 148 Å². The molecule has 2 aromatic rings. The molecule has 136 valence electrons. The molecule has 0 aromatic heterocycles. The summed E-state index contributed by atoms with van der Waals surface area (Å²) in [5, 5.41) is 14.9. The number of nitro benzene ring substituents is 1. The lowest BCUT2D eigenvalue weighted by Crippen LogP contribution is -2.29. The van der Waals surface area contributed by atoms with Crippen LogP contribution in [-0.2, 0) is 15.8 Å². The first-order valence-corrected chi connectivity index (χ1v) is 7.19. The highest BCUT2D eigenvalue weighted by molar-refractivity contribution is 6.44. The minimum atomic E-state index is -4.53. The number of nitro groups is 1. The van der Waals surface area contributed by atoms with Crippen LogP contribution in [0.2, 0.25) is 5.02 Å². The standard InChI is InChI=1S/C15H9ClF3N3O4/c16-11-6-5-10(22(25)26)7-12(11)21-14(24)13(23)20-9-3-1-8(2-4-9)15(17,18)19/h1-7H,(H,20,23)(H,21,24). The molecule has 0 atom stereocenters. The topological polar surface area (TPSA) is 101 Å². The fourth-order valence-corrected chi connectivity index (χ4v) is 2.00. The van der Waals surface area contributed by atoms with Gasteiger partial charge in [0.2, 0.25) is 0 Å². The number of carbonyl (C=O) groups is 2. The maximum Gasteiger partial charge on any atom is 0.416 e. The molecule has 0 unspecified atom stereocenters. The Balaban J connectivity index is 2.07. The third-order valence-electron chi connectivity index (χ3n) is 3.09. The van der Waals surface area contributed by atoms with Gasteiger partial charge in [-0.1, -0.05) is 11.6 Å². The van der Waals surface area contributed by atoms with Crippen LogP contribution in [0.4, 0.5) is 30.2 Å². The van der Waals surface area contributed by atoms with Crippen molar-refractivity contribution in [1.82, 2.24) is 0 Å². The van der Waals surface area contributed by atoms with Crippen molar-refractivity contribution < 1.29 is 27.7 Å². The molecule has 0 aliphatic rings. The predicted molar refractivity (Wildman–Crippen MR) is 86.8 cm³/mol. The van der Waals surface area contributed by atoms with E-state index in [1.807, 2.05) is 0 Å². The van der Waals surface area contributed by atoms with Gasteiger partial charge in [0.15, 0.2) is 0 Å². The van der Waals surface area contributed by atoms with E-state index in [1.54, 1.807) is 0 Å². The second-order valence-corrected chi connectivity index (χ2v) is 5.31. The first-order chi connectivity index (χ1) is 12.1. The molecule has 0 radical (unpaired) electrons. The van der Waals surface area contributed by atoms with Gasteiger partial charge in [-0.3, -0.25) is 19.7 Å². The van der Waals surface area contributed by atoms with Crippen LogP contribution in [0.5, 0.6) is 0 Å². The van der Waals surface area contributed by atoms with Crippen molar-refractivity contribution >= 4 is 40.5 Å². The van der Waals surface area contributed by atoms with E-state index < -0.39 is 28.5 Å². The first kappa shape index (κ1) is 19.2. The monoisotopic (exact) mass is 387 g/mol. The van der Waals surface area contributed by atoms with E-state index in [0.29, 0.717) is 0 Å². The molecule has 0 spiro atoms. The average Bonchev–Trinajstić information content (AvgIpc) is 2.56. The molecular formula is C15H9ClF3N3O4. The summed E-state index contributed by atoms with van der Waals surface area (Å²) in [6.45, 7) is 0. The lowest BCUT2D eigenvalue weighted by molar-refractivity contribution is -0.384. The van der Waals surface area contributed by atoms with Crippen LogP contribution in [0, 0.1) is 10.1 Å². The second-order valence-electron chi connectivity index (χ2n) is 4.90. The Morgan fingerprint density at radius 1 is 1.00 bits per heavy atom. The lowest BCUT2D eigenvalue weighted by Gasteiger charge is -2.09. The number of nitrogens with zero attached hydrogens (tertiary/aromatic N) is 1. The number of anilines is 2. The molecule has 0 saturated heterocycles. The first-order valence-electron chi connectivity index (χ1n) is 6.81. The third kappa shape index (κ3) is 4.70. The zero-order valence-corrected chi connectivity index (χ0v) is 13.4. The number of hydrogen-bond acceptors (Lipinski definition) is 4.